The quantitative estimate of drug-likeness (QED) is 0.787. The molecule has 0 unspecified atom stereocenters. The minimum Gasteiger partial charge on any atom is -0.342 e. The van der Waals surface area contributed by atoms with Crippen LogP contribution in [0.2, 0.25) is 0 Å². The van der Waals surface area contributed by atoms with E-state index in [2.05, 4.69) is 25.2 Å². The Labute approximate surface area is 102 Å². The molecule has 1 aliphatic carbocycles. The van der Waals surface area contributed by atoms with Crippen molar-refractivity contribution >= 4 is 5.91 Å². The highest BCUT2D eigenvalue weighted by molar-refractivity contribution is 6.00. The van der Waals surface area contributed by atoms with Gasteiger partial charge in [0.25, 0.3) is 5.91 Å². The van der Waals surface area contributed by atoms with E-state index in [1.54, 1.807) is 0 Å². The van der Waals surface area contributed by atoms with Crippen molar-refractivity contribution in [1.29, 1.82) is 0 Å². The fraction of sp³-hybridized carbons (Fsp3) is 0.533. The second kappa shape index (κ2) is 3.59. The molecule has 0 saturated heterocycles. The third-order valence-electron chi connectivity index (χ3n) is 4.54. The van der Waals surface area contributed by atoms with E-state index in [4.69, 9.17) is 0 Å². The molecule has 1 fully saturated rings. The van der Waals surface area contributed by atoms with E-state index in [9.17, 15) is 4.79 Å². The van der Waals surface area contributed by atoms with Gasteiger partial charge in [0, 0.05) is 5.56 Å². The van der Waals surface area contributed by atoms with Crippen LogP contribution in [0, 0.1) is 11.8 Å². The van der Waals surface area contributed by atoms with Gasteiger partial charge in [0.05, 0.1) is 5.54 Å². The normalized spacial score (nSPS) is 31.0. The lowest BCUT2D eigenvalue weighted by molar-refractivity contribution is 0.0928. The Balaban J connectivity index is 1.99. The van der Waals surface area contributed by atoms with Crippen LogP contribution in [0.15, 0.2) is 24.3 Å². The number of nitrogens with one attached hydrogen (secondary N) is 1. The van der Waals surface area contributed by atoms with Gasteiger partial charge >= 0.3 is 0 Å². The minimum atomic E-state index is -0.0530. The fourth-order valence-electron chi connectivity index (χ4n) is 3.46. The predicted octanol–water partition coefficient (Wildman–Crippen LogP) is 3.08. The average molecular weight is 229 g/mol. The number of benzene rings is 1. The van der Waals surface area contributed by atoms with E-state index in [1.165, 1.54) is 12.0 Å². The van der Waals surface area contributed by atoms with E-state index in [0.717, 1.165) is 24.3 Å². The third-order valence-corrected chi connectivity index (χ3v) is 4.54. The molecule has 1 saturated carbocycles. The molecular formula is C15H19NO. The van der Waals surface area contributed by atoms with Crippen molar-refractivity contribution in [2.45, 2.75) is 38.6 Å². The molecule has 1 N–H and O–H groups in total. The zero-order valence-corrected chi connectivity index (χ0v) is 10.5. The van der Waals surface area contributed by atoms with Crippen molar-refractivity contribution in [3.63, 3.8) is 0 Å². The van der Waals surface area contributed by atoms with E-state index in [1.807, 2.05) is 18.2 Å². The molecule has 90 valence electrons. The largest absolute Gasteiger partial charge is 0.342 e. The molecule has 1 heterocycles. The van der Waals surface area contributed by atoms with Gasteiger partial charge in [-0.3, -0.25) is 4.79 Å². The number of hydrogen-bond acceptors (Lipinski definition) is 1. The standard InChI is InChI=1S/C15H19NO/c1-10(2)11-7-8-15(9-11)13-6-4-3-5-12(13)14(17)16-15/h3-6,10-11H,7-9H2,1-2H3,(H,16,17)/t11-,15+/m1/s1. The summed E-state index contributed by atoms with van der Waals surface area (Å²) in [4.78, 5) is 12.0. The molecule has 2 aliphatic rings. The third kappa shape index (κ3) is 1.50. The maximum Gasteiger partial charge on any atom is 0.252 e. The Morgan fingerprint density at radius 1 is 1.35 bits per heavy atom. The van der Waals surface area contributed by atoms with Gasteiger partial charge < -0.3 is 5.32 Å². The van der Waals surface area contributed by atoms with E-state index in [0.29, 0.717) is 5.92 Å². The molecular weight excluding hydrogens is 210 g/mol. The molecule has 2 atom stereocenters. The Bertz CT molecular complexity index is 466. The molecule has 1 aliphatic heterocycles. The van der Waals surface area contributed by atoms with E-state index < -0.39 is 0 Å². The molecule has 0 radical (unpaired) electrons. The molecule has 2 nitrogen and oxygen atoms in total. The lowest BCUT2D eigenvalue weighted by Crippen LogP contribution is -2.37. The van der Waals surface area contributed by atoms with Gasteiger partial charge in [-0.2, -0.15) is 0 Å². The SMILES string of the molecule is CC(C)[C@@H]1CC[C@@]2(C1)NC(=O)c1ccccc12. The van der Waals surface area contributed by atoms with Gasteiger partial charge in [-0.05, 0) is 42.7 Å². The number of fused-ring (bicyclic) bond motifs is 2. The molecule has 2 heteroatoms. The zero-order valence-electron chi connectivity index (χ0n) is 10.5. The van der Waals surface area contributed by atoms with Crippen LogP contribution in [0.5, 0.6) is 0 Å². The zero-order chi connectivity index (χ0) is 12.0. The number of carbonyl (C=O) groups is 1. The predicted molar refractivity (Wildman–Crippen MR) is 67.8 cm³/mol. The van der Waals surface area contributed by atoms with Gasteiger partial charge in [0.15, 0.2) is 0 Å². The Morgan fingerprint density at radius 3 is 2.82 bits per heavy atom. The summed E-state index contributed by atoms with van der Waals surface area (Å²) in [7, 11) is 0. The van der Waals surface area contributed by atoms with Crippen molar-refractivity contribution in [2.24, 2.45) is 11.8 Å². The highest BCUT2D eigenvalue weighted by atomic mass is 16.2. The number of carbonyl (C=O) groups excluding carboxylic acids is 1. The fourth-order valence-corrected chi connectivity index (χ4v) is 3.46. The first kappa shape index (κ1) is 10.8. The highest BCUT2D eigenvalue weighted by Gasteiger charge is 2.47. The summed E-state index contributed by atoms with van der Waals surface area (Å²) in [6, 6.07) is 8.06. The Morgan fingerprint density at radius 2 is 2.12 bits per heavy atom. The van der Waals surface area contributed by atoms with Gasteiger partial charge in [0.2, 0.25) is 0 Å². The van der Waals surface area contributed by atoms with Gasteiger partial charge in [0.1, 0.15) is 0 Å². The average Bonchev–Trinajstić information content (AvgIpc) is 2.85. The molecule has 1 aromatic carbocycles. The molecule has 1 amide bonds. The molecule has 1 spiro atoms. The summed E-state index contributed by atoms with van der Waals surface area (Å²) in [6.45, 7) is 4.57. The minimum absolute atomic E-state index is 0.0530. The van der Waals surface area contributed by atoms with Crippen molar-refractivity contribution in [3.05, 3.63) is 35.4 Å². The number of amides is 1. The van der Waals surface area contributed by atoms with Crippen LogP contribution < -0.4 is 5.32 Å². The van der Waals surface area contributed by atoms with Crippen LogP contribution in [-0.2, 0) is 5.54 Å². The summed E-state index contributed by atoms with van der Waals surface area (Å²) in [5.74, 6) is 1.56. The summed E-state index contributed by atoms with van der Waals surface area (Å²) in [5, 5.41) is 3.24. The second-order valence-electron chi connectivity index (χ2n) is 5.83. The van der Waals surface area contributed by atoms with Gasteiger partial charge in [-0.1, -0.05) is 32.0 Å². The Hall–Kier alpha value is -1.31. The number of rotatable bonds is 1. The first-order valence-electron chi connectivity index (χ1n) is 6.54. The molecule has 0 aromatic heterocycles. The summed E-state index contributed by atoms with van der Waals surface area (Å²) >= 11 is 0. The van der Waals surface area contributed by atoms with E-state index >= 15 is 0 Å². The van der Waals surface area contributed by atoms with Crippen LogP contribution in [0.4, 0.5) is 0 Å². The van der Waals surface area contributed by atoms with Crippen LogP contribution >= 0.6 is 0 Å². The highest BCUT2D eigenvalue weighted by Crippen LogP contribution is 2.48. The van der Waals surface area contributed by atoms with Gasteiger partial charge in [-0.25, -0.2) is 0 Å². The maximum atomic E-state index is 12.0. The first-order chi connectivity index (χ1) is 8.12. The van der Waals surface area contributed by atoms with Crippen LogP contribution in [0.25, 0.3) is 0 Å². The monoisotopic (exact) mass is 229 g/mol. The summed E-state index contributed by atoms with van der Waals surface area (Å²) in [5.41, 5.74) is 2.06. The molecule has 0 bridgehead atoms. The van der Waals surface area contributed by atoms with Crippen molar-refractivity contribution in [2.75, 3.05) is 0 Å². The van der Waals surface area contributed by atoms with Crippen LogP contribution in [-0.4, -0.2) is 5.91 Å². The number of hydrogen-bond donors (Lipinski definition) is 1. The smallest absolute Gasteiger partial charge is 0.252 e. The Kier molecular flexibility index (Phi) is 2.29. The van der Waals surface area contributed by atoms with Gasteiger partial charge in [-0.15, -0.1) is 0 Å². The maximum absolute atomic E-state index is 12.0. The topological polar surface area (TPSA) is 29.1 Å². The van der Waals surface area contributed by atoms with Crippen LogP contribution in [0.3, 0.4) is 0 Å². The molecule has 1 aromatic rings. The summed E-state index contributed by atoms with van der Waals surface area (Å²) < 4.78 is 0. The molecule has 17 heavy (non-hydrogen) atoms. The van der Waals surface area contributed by atoms with Crippen LogP contribution in [0.1, 0.15) is 49.0 Å². The first-order valence-corrected chi connectivity index (χ1v) is 6.54. The molecule has 3 rings (SSSR count). The van der Waals surface area contributed by atoms with Crippen molar-refractivity contribution < 1.29 is 4.79 Å². The van der Waals surface area contributed by atoms with Crippen molar-refractivity contribution in [3.8, 4) is 0 Å². The lowest BCUT2D eigenvalue weighted by atomic mass is 9.86. The lowest BCUT2D eigenvalue weighted by Gasteiger charge is -2.26. The summed E-state index contributed by atoms with van der Waals surface area (Å²) in [6.07, 6.45) is 3.43. The second-order valence-corrected chi connectivity index (χ2v) is 5.83. The van der Waals surface area contributed by atoms with E-state index in [-0.39, 0.29) is 11.4 Å². The van der Waals surface area contributed by atoms with Crippen molar-refractivity contribution in [1.82, 2.24) is 5.32 Å².